The van der Waals surface area contributed by atoms with Crippen LogP contribution < -0.4 is 5.56 Å². The van der Waals surface area contributed by atoms with Gasteiger partial charge < -0.3 is 14.6 Å². The van der Waals surface area contributed by atoms with Crippen molar-refractivity contribution in [3.05, 3.63) is 75.3 Å². The summed E-state index contributed by atoms with van der Waals surface area (Å²) in [5.74, 6) is 0.493. The number of fused-ring (bicyclic) bond motifs is 1. The molecule has 3 aromatic rings. The number of halogens is 1. The molecule has 0 spiro atoms. The van der Waals surface area contributed by atoms with E-state index in [-0.39, 0.29) is 24.1 Å². The number of amides is 1. The fourth-order valence-electron chi connectivity index (χ4n) is 3.74. The van der Waals surface area contributed by atoms with Gasteiger partial charge in [0.25, 0.3) is 5.56 Å². The van der Waals surface area contributed by atoms with E-state index >= 15 is 0 Å². The second-order valence-corrected chi connectivity index (χ2v) is 8.00. The first-order valence-electron chi connectivity index (χ1n) is 10.2. The van der Waals surface area contributed by atoms with Gasteiger partial charge in [-0.15, -0.1) is 0 Å². The monoisotopic (exact) mass is 425 g/mol. The molecule has 1 N–H and O–H groups in total. The van der Waals surface area contributed by atoms with E-state index in [0.29, 0.717) is 41.1 Å². The molecule has 0 radical (unpaired) electrons. The first-order chi connectivity index (χ1) is 14.6. The summed E-state index contributed by atoms with van der Waals surface area (Å²) >= 11 is 5.94. The number of H-pyrrole nitrogens is 1. The molecule has 6 nitrogen and oxygen atoms in total. The Kier molecular flexibility index (Phi) is 6.45. The quantitative estimate of drug-likeness (QED) is 0.626. The molecular formula is C23H24ClN3O3. The second kappa shape index (κ2) is 9.41. The van der Waals surface area contributed by atoms with Crippen LogP contribution in [0.3, 0.4) is 0 Å². The number of nitrogens with one attached hydrogen (secondary N) is 1. The number of aromatic amines is 1. The van der Waals surface area contributed by atoms with E-state index in [1.807, 2.05) is 36.4 Å². The van der Waals surface area contributed by atoms with E-state index in [1.165, 1.54) is 0 Å². The summed E-state index contributed by atoms with van der Waals surface area (Å²) in [5, 5.41) is 1.22. The number of aromatic nitrogens is 2. The zero-order valence-electron chi connectivity index (χ0n) is 16.6. The van der Waals surface area contributed by atoms with Crippen molar-refractivity contribution in [2.75, 3.05) is 13.2 Å². The minimum absolute atomic E-state index is 0.0104. The molecule has 1 aliphatic heterocycles. The Morgan fingerprint density at radius 1 is 1.20 bits per heavy atom. The van der Waals surface area contributed by atoms with E-state index < -0.39 is 0 Å². The Bertz CT molecular complexity index is 1070. The third kappa shape index (κ3) is 5.07. The lowest BCUT2D eigenvalue weighted by atomic mass is 10.1. The molecule has 1 saturated heterocycles. The normalized spacial score (nSPS) is 16.1. The molecule has 4 rings (SSSR count). The molecule has 0 saturated carbocycles. The standard InChI is InChI=1S/C23H24ClN3O3/c24-17-10-7-16(8-11-17)9-12-22(28)27(14-18-4-3-13-30-18)15-21-25-20-6-2-1-5-19(20)23(29)26-21/h1-2,5-8,10-11,18H,3-4,9,12-15H2,(H,25,26,29). The molecule has 2 aromatic carbocycles. The van der Waals surface area contributed by atoms with Gasteiger partial charge in [-0.25, -0.2) is 4.98 Å². The van der Waals surface area contributed by atoms with Crippen LogP contribution in [0, 0.1) is 0 Å². The van der Waals surface area contributed by atoms with Crippen molar-refractivity contribution in [1.29, 1.82) is 0 Å². The Morgan fingerprint density at radius 2 is 2.00 bits per heavy atom. The summed E-state index contributed by atoms with van der Waals surface area (Å²) in [6, 6.07) is 14.7. The van der Waals surface area contributed by atoms with Crippen molar-refractivity contribution in [3.8, 4) is 0 Å². The first kappa shape index (κ1) is 20.6. The van der Waals surface area contributed by atoms with Crippen LogP contribution in [0.2, 0.25) is 5.02 Å². The van der Waals surface area contributed by atoms with E-state index in [1.54, 1.807) is 17.0 Å². The van der Waals surface area contributed by atoms with Crippen molar-refractivity contribution in [2.45, 2.75) is 38.3 Å². The highest BCUT2D eigenvalue weighted by molar-refractivity contribution is 6.30. The zero-order chi connectivity index (χ0) is 20.9. The summed E-state index contributed by atoms with van der Waals surface area (Å²) < 4.78 is 5.74. The van der Waals surface area contributed by atoms with Crippen molar-refractivity contribution in [3.63, 3.8) is 0 Å². The number of rotatable bonds is 7. The van der Waals surface area contributed by atoms with Gasteiger partial charge in [0, 0.05) is 24.6 Å². The minimum atomic E-state index is -0.193. The van der Waals surface area contributed by atoms with Crippen molar-refractivity contribution in [1.82, 2.24) is 14.9 Å². The van der Waals surface area contributed by atoms with E-state index in [4.69, 9.17) is 16.3 Å². The number of carbonyl (C=O) groups excluding carboxylic acids is 1. The molecule has 1 unspecified atom stereocenters. The number of para-hydroxylation sites is 1. The molecule has 30 heavy (non-hydrogen) atoms. The Balaban J connectivity index is 1.50. The molecule has 7 heteroatoms. The summed E-state index contributed by atoms with van der Waals surface area (Å²) in [6.07, 6.45) is 2.95. The van der Waals surface area contributed by atoms with Gasteiger partial charge in [0.2, 0.25) is 5.91 Å². The predicted molar refractivity (Wildman–Crippen MR) is 117 cm³/mol. The van der Waals surface area contributed by atoms with Crippen LogP contribution in [0.5, 0.6) is 0 Å². The smallest absolute Gasteiger partial charge is 0.258 e. The highest BCUT2D eigenvalue weighted by Crippen LogP contribution is 2.17. The summed E-state index contributed by atoms with van der Waals surface area (Å²) in [6.45, 7) is 1.47. The molecule has 0 aliphatic carbocycles. The number of nitrogens with zero attached hydrogens (tertiary/aromatic N) is 2. The molecular weight excluding hydrogens is 402 g/mol. The van der Waals surface area contributed by atoms with Crippen LogP contribution in [0.25, 0.3) is 10.9 Å². The lowest BCUT2D eigenvalue weighted by molar-refractivity contribution is -0.133. The van der Waals surface area contributed by atoms with Gasteiger partial charge in [0.05, 0.1) is 23.6 Å². The number of hydrogen-bond donors (Lipinski definition) is 1. The van der Waals surface area contributed by atoms with Crippen LogP contribution in [0.4, 0.5) is 0 Å². The number of ether oxygens (including phenoxy) is 1. The fraction of sp³-hybridized carbons (Fsp3) is 0.348. The van der Waals surface area contributed by atoms with E-state index in [0.717, 1.165) is 25.0 Å². The van der Waals surface area contributed by atoms with E-state index in [9.17, 15) is 9.59 Å². The number of benzene rings is 2. The fourth-order valence-corrected chi connectivity index (χ4v) is 3.87. The SMILES string of the molecule is O=C(CCc1ccc(Cl)cc1)N(Cc1nc2ccccc2c(=O)[nH]1)CC1CCCO1. The third-order valence-electron chi connectivity index (χ3n) is 5.34. The molecule has 0 bridgehead atoms. The van der Waals surface area contributed by atoms with E-state index in [2.05, 4.69) is 9.97 Å². The minimum Gasteiger partial charge on any atom is -0.376 e. The summed E-state index contributed by atoms with van der Waals surface area (Å²) in [5.41, 5.74) is 1.49. The maximum Gasteiger partial charge on any atom is 0.258 e. The van der Waals surface area contributed by atoms with Crippen LogP contribution in [-0.2, 0) is 22.5 Å². The lowest BCUT2D eigenvalue weighted by Crippen LogP contribution is -2.38. The molecule has 1 fully saturated rings. The first-order valence-corrected chi connectivity index (χ1v) is 10.6. The van der Waals surface area contributed by atoms with Gasteiger partial charge in [0.15, 0.2) is 0 Å². The third-order valence-corrected chi connectivity index (χ3v) is 5.60. The summed E-state index contributed by atoms with van der Waals surface area (Å²) in [7, 11) is 0. The van der Waals surface area contributed by atoms with Crippen LogP contribution >= 0.6 is 11.6 Å². The topological polar surface area (TPSA) is 75.3 Å². The lowest BCUT2D eigenvalue weighted by Gasteiger charge is -2.25. The highest BCUT2D eigenvalue weighted by atomic mass is 35.5. The van der Waals surface area contributed by atoms with Crippen LogP contribution in [0.15, 0.2) is 53.3 Å². The molecule has 1 atom stereocenters. The van der Waals surface area contributed by atoms with Crippen LogP contribution in [0.1, 0.15) is 30.7 Å². The molecule has 1 amide bonds. The average Bonchev–Trinajstić information content (AvgIpc) is 3.26. The maximum absolute atomic E-state index is 13.0. The highest BCUT2D eigenvalue weighted by Gasteiger charge is 2.23. The Hall–Kier alpha value is -2.70. The zero-order valence-corrected chi connectivity index (χ0v) is 17.4. The van der Waals surface area contributed by atoms with Crippen molar-refractivity contribution >= 4 is 28.4 Å². The molecule has 156 valence electrons. The largest absolute Gasteiger partial charge is 0.376 e. The van der Waals surface area contributed by atoms with Gasteiger partial charge in [-0.1, -0.05) is 35.9 Å². The van der Waals surface area contributed by atoms with Crippen molar-refractivity contribution in [2.24, 2.45) is 0 Å². The summed E-state index contributed by atoms with van der Waals surface area (Å²) in [4.78, 5) is 34.6. The Morgan fingerprint density at radius 3 is 2.77 bits per heavy atom. The van der Waals surface area contributed by atoms with Gasteiger partial charge in [0.1, 0.15) is 5.82 Å². The number of hydrogen-bond acceptors (Lipinski definition) is 4. The number of carbonyl (C=O) groups is 1. The van der Waals surface area contributed by atoms with Gasteiger partial charge in [-0.3, -0.25) is 9.59 Å². The maximum atomic E-state index is 13.0. The van der Waals surface area contributed by atoms with Crippen molar-refractivity contribution < 1.29 is 9.53 Å². The van der Waals surface area contributed by atoms with Crippen LogP contribution in [-0.4, -0.2) is 40.0 Å². The molecule has 1 aliphatic rings. The molecule has 1 aromatic heterocycles. The van der Waals surface area contributed by atoms with Gasteiger partial charge in [-0.2, -0.15) is 0 Å². The second-order valence-electron chi connectivity index (χ2n) is 7.57. The Labute approximate surface area is 179 Å². The average molecular weight is 426 g/mol. The van der Waals surface area contributed by atoms with Gasteiger partial charge >= 0.3 is 0 Å². The molecule has 2 heterocycles. The predicted octanol–water partition coefficient (Wildman–Crippen LogP) is 3.72. The number of aryl methyl sites for hydroxylation is 1. The van der Waals surface area contributed by atoms with Gasteiger partial charge in [-0.05, 0) is 49.1 Å².